The lowest BCUT2D eigenvalue weighted by atomic mass is 9.97. The van der Waals surface area contributed by atoms with Gasteiger partial charge in [0, 0.05) is 12.4 Å². The van der Waals surface area contributed by atoms with Crippen molar-refractivity contribution in [3.8, 4) is 5.69 Å². The fraction of sp³-hybridized carbons (Fsp3) is 0.292. The van der Waals surface area contributed by atoms with Crippen molar-refractivity contribution in [1.82, 2.24) is 15.1 Å². The van der Waals surface area contributed by atoms with E-state index in [0.717, 1.165) is 35.2 Å². The van der Waals surface area contributed by atoms with E-state index >= 15 is 0 Å². The van der Waals surface area contributed by atoms with Crippen molar-refractivity contribution >= 4 is 17.5 Å². The van der Waals surface area contributed by atoms with Crippen LogP contribution in [0.1, 0.15) is 54.5 Å². The van der Waals surface area contributed by atoms with E-state index in [0.29, 0.717) is 12.3 Å². The van der Waals surface area contributed by atoms with Gasteiger partial charge in [0.25, 0.3) is 0 Å². The number of alkyl halides is 3. The van der Waals surface area contributed by atoms with Gasteiger partial charge < -0.3 is 10.6 Å². The number of amides is 2. The molecule has 0 saturated carbocycles. The van der Waals surface area contributed by atoms with Crippen LogP contribution < -0.4 is 10.6 Å². The van der Waals surface area contributed by atoms with Crippen LogP contribution in [0, 0.1) is 0 Å². The average Bonchev–Trinajstić information content (AvgIpc) is 3.43. The van der Waals surface area contributed by atoms with Gasteiger partial charge in [0.15, 0.2) is 0 Å². The SMILES string of the molecule is CC(C)c1ccc2c(c1)C(NC(=O)C(=O)Nc1ccc(-n3cccn3)cc1C(F)(F)F)CC2. The summed E-state index contributed by atoms with van der Waals surface area (Å²) in [5.41, 5.74) is 1.78. The number of hydrogen-bond donors (Lipinski definition) is 2. The van der Waals surface area contributed by atoms with Crippen LogP contribution >= 0.6 is 0 Å². The number of halogens is 3. The number of carbonyl (C=O) groups is 2. The minimum Gasteiger partial charge on any atom is -0.341 e. The van der Waals surface area contributed by atoms with Crippen LogP contribution in [0.15, 0.2) is 54.9 Å². The predicted octanol–water partition coefficient (Wildman–Crippen LogP) is 4.76. The third-order valence-electron chi connectivity index (χ3n) is 5.75. The lowest BCUT2D eigenvalue weighted by Gasteiger charge is -2.17. The van der Waals surface area contributed by atoms with Crippen molar-refractivity contribution in [2.24, 2.45) is 0 Å². The smallest absolute Gasteiger partial charge is 0.341 e. The summed E-state index contributed by atoms with van der Waals surface area (Å²) in [6.07, 6.45) is -0.403. The topological polar surface area (TPSA) is 76.0 Å². The molecule has 9 heteroatoms. The maximum absolute atomic E-state index is 13.6. The van der Waals surface area contributed by atoms with Crippen molar-refractivity contribution < 1.29 is 22.8 Å². The van der Waals surface area contributed by atoms with Crippen molar-refractivity contribution in [1.29, 1.82) is 0 Å². The Morgan fingerprint density at radius 3 is 2.58 bits per heavy atom. The second kappa shape index (κ2) is 8.73. The molecule has 0 fully saturated rings. The van der Waals surface area contributed by atoms with Gasteiger partial charge in [0.05, 0.1) is 23.0 Å². The number of hydrogen-bond acceptors (Lipinski definition) is 3. The quantitative estimate of drug-likeness (QED) is 0.556. The molecule has 0 aliphatic heterocycles. The summed E-state index contributed by atoms with van der Waals surface area (Å²) in [4.78, 5) is 25.0. The number of benzene rings is 2. The van der Waals surface area contributed by atoms with E-state index in [1.165, 1.54) is 23.1 Å². The molecule has 2 N–H and O–H groups in total. The van der Waals surface area contributed by atoms with Gasteiger partial charge in [-0.15, -0.1) is 0 Å². The van der Waals surface area contributed by atoms with Crippen LogP contribution in [0.2, 0.25) is 0 Å². The lowest BCUT2D eigenvalue weighted by Crippen LogP contribution is -2.37. The van der Waals surface area contributed by atoms with Crippen LogP contribution in [-0.4, -0.2) is 21.6 Å². The highest BCUT2D eigenvalue weighted by Crippen LogP contribution is 2.36. The fourth-order valence-electron chi connectivity index (χ4n) is 3.97. The van der Waals surface area contributed by atoms with Crippen LogP contribution in [0.3, 0.4) is 0 Å². The molecule has 0 spiro atoms. The van der Waals surface area contributed by atoms with Crippen LogP contribution in [0.4, 0.5) is 18.9 Å². The Balaban J connectivity index is 1.51. The van der Waals surface area contributed by atoms with E-state index in [2.05, 4.69) is 29.6 Å². The molecule has 1 heterocycles. The van der Waals surface area contributed by atoms with Gasteiger partial charge in [-0.2, -0.15) is 18.3 Å². The molecule has 1 aromatic heterocycles. The summed E-state index contributed by atoms with van der Waals surface area (Å²) in [6, 6.07) is 10.7. The molecule has 3 aromatic rings. The second-order valence-corrected chi connectivity index (χ2v) is 8.31. The standard InChI is InChI=1S/C24H23F3N4O2/c1-14(2)16-5-4-15-6-8-20(18(15)12-16)29-22(32)23(33)30-21-9-7-17(31-11-3-10-28-31)13-19(21)24(25,26)27/h3-5,7,9-14,20H,6,8H2,1-2H3,(H,29,32)(H,30,33). The zero-order valence-corrected chi connectivity index (χ0v) is 18.1. The molecule has 2 aromatic carbocycles. The van der Waals surface area contributed by atoms with E-state index < -0.39 is 29.2 Å². The zero-order valence-electron chi connectivity index (χ0n) is 18.1. The molecule has 2 amide bonds. The molecular weight excluding hydrogens is 433 g/mol. The Labute approximate surface area is 188 Å². The maximum Gasteiger partial charge on any atom is 0.418 e. The lowest BCUT2D eigenvalue weighted by molar-refractivity contribution is -0.138. The molecule has 0 saturated heterocycles. The molecule has 0 radical (unpaired) electrons. The summed E-state index contributed by atoms with van der Waals surface area (Å²) >= 11 is 0. The largest absolute Gasteiger partial charge is 0.418 e. The molecule has 1 aliphatic rings. The summed E-state index contributed by atoms with van der Waals surface area (Å²) in [6.45, 7) is 4.13. The van der Waals surface area contributed by atoms with Gasteiger partial charge >= 0.3 is 18.0 Å². The molecule has 1 atom stereocenters. The van der Waals surface area contributed by atoms with Crippen molar-refractivity contribution in [2.45, 2.75) is 44.8 Å². The molecule has 0 bridgehead atoms. The number of fused-ring (bicyclic) bond motifs is 1. The van der Waals surface area contributed by atoms with Crippen molar-refractivity contribution in [3.05, 3.63) is 77.1 Å². The van der Waals surface area contributed by atoms with Gasteiger partial charge in [-0.05, 0) is 59.7 Å². The molecule has 6 nitrogen and oxygen atoms in total. The first-order chi connectivity index (χ1) is 15.6. The van der Waals surface area contributed by atoms with Gasteiger partial charge in [0.2, 0.25) is 0 Å². The van der Waals surface area contributed by atoms with Gasteiger partial charge in [-0.3, -0.25) is 9.59 Å². The first-order valence-corrected chi connectivity index (χ1v) is 10.6. The van der Waals surface area contributed by atoms with Crippen LogP contribution in [0.5, 0.6) is 0 Å². The Morgan fingerprint density at radius 1 is 1.12 bits per heavy atom. The molecule has 33 heavy (non-hydrogen) atoms. The highest BCUT2D eigenvalue weighted by Gasteiger charge is 2.35. The highest BCUT2D eigenvalue weighted by atomic mass is 19.4. The number of carbonyl (C=O) groups excluding carboxylic acids is 2. The molecule has 172 valence electrons. The molecule has 1 unspecified atom stereocenters. The Kier molecular flexibility index (Phi) is 5.97. The van der Waals surface area contributed by atoms with E-state index in [1.54, 1.807) is 6.07 Å². The van der Waals surface area contributed by atoms with Gasteiger partial charge in [-0.1, -0.05) is 32.0 Å². The van der Waals surface area contributed by atoms with E-state index in [9.17, 15) is 22.8 Å². The minimum absolute atomic E-state index is 0.179. The first-order valence-electron chi connectivity index (χ1n) is 10.6. The normalized spacial score (nSPS) is 15.4. The Morgan fingerprint density at radius 2 is 1.91 bits per heavy atom. The Bertz CT molecular complexity index is 1190. The molecule has 4 rings (SSSR count). The third-order valence-corrected chi connectivity index (χ3v) is 5.75. The first kappa shape index (κ1) is 22.6. The number of aromatic nitrogens is 2. The number of aryl methyl sites for hydroxylation is 1. The number of anilines is 1. The van der Waals surface area contributed by atoms with Crippen molar-refractivity contribution in [2.75, 3.05) is 5.32 Å². The number of rotatable bonds is 4. The van der Waals surface area contributed by atoms with Crippen LogP contribution in [-0.2, 0) is 22.2 Å². The molecular formula is C24H23F3N4O2. The van der Waals surface area contributed by atoms with E-state index in [-0.39, 0.29) is 11.7 Å². The number of nitrogens with one attached hydrogen (secondary N) is 2. The maximum atomic E-state index is 13.6. The van der Waals surface area contributed by atoms with Crippen LogP contribution in [0.25, 0.3) is 5.69 Å². The molecule has 1 aliphatic carbocycles. The summed E-state index contributed by atoms with van der Waals surface area (Å²) in [5.74, 6) is -1.83. The summed E-state index contributed by atoms with van der Waals surface area (Å²) in [7, 11) is 0. The average molecular weight is 456 g/mol. The van der Waals surface area contributed by atoms with E-state index in [4.69, 9.17) is 0 Å². The number of nitrogens with zero attached hydrogens (tertiary/aromatic N) is 2. The van der Waals surface area contributed by atoms with E-state index in [1.807, 2.05) is 18.2 Å². The van der Waals surface area contributed by atoms with Crippen molar-refractivity contribution in [3.63, 3.8) is 0 Å². The summed E-state index contributed by atoms with van der Waals surface area (Å²) < 4.78 is 42.2. The Hall–Kier alpha value is -3.62. The highest BCUT2D eigenvalue weighted by molar-refractivity contribution is 6.39. The zero-order chi connectivity index (χ0) is 23.8. The predicted molar refractivity (Wildman–Crippen MR) is 117 cm³/mol. The minimum atomic E-state index is -4.74. The van der Waals surface area contributed by atoms with Gasteiger partial charge in [-0.25, -0.2) is 4.68 Å². The van der Waals surface area contributed by atoms with Gasteiger partial charge in [0.1, 0.15) is 0 Å². The second-order valence-electron chi connectivity index (χ2n) is 8.31. The summed E-state index contributed by atoms with van der Waals surface area (Å²) in [5, 5.41) is 8.70. The fourth-order valence-corrected chi connectivity index (χ4v) is 3.97. The third kappa shape index (κ3) is 4.76. The monoisotopic (exact) mass is 456 g/mol.